The number of anilines is 1. The predicted octanol–water partition coefficient (Wildman–Crippen LogP) is 4.33. The van der Waals surface area contributed by atoms with Gasteiger partial charge in [0.25, 0.3) is 0 Å². The van der Waals surface area contributed by atoms with Crippen molar-refractivity contribution in [3.8, 4) is 0 Å². The van der Waals surface area contributed by atoms with E-state index >= 15 is 0 Å². The third-order valence-corrected chi connectivity index (χ3v) is 5.01. The van der Waals surface area contributed by atoms with Crippen LogP contribution in [0.5, 0.6) is 0 Å². The first-order valence-electron chi connectivity index (χ1n) is 10.4. The zero-order valence-corrected chi connectivity index (χ0v) is 22.3. The average Bonchev–Trinajstić information content (AvgIpc) is 3.59. The number of nitrogens with one attached hydrogen (secondary N) is 2. The molecular formula is C26H25N3OS2Zr-12. The van der Waals surface area contributed by atoms with E-state index in [-0.39, 0.29) is 32.3 Å². The third-order valence-electron chi connectivity index (χ3n) is 4.81. The SMILES string of the molecule is OC1CCCC2CCC[N-]C12.S=C([S-])NNc1ccccc1.[Zr].[c-]1[c-][c-][cH-][c-]1.[c-]1[c-][c-][cH-][c-]1. The molecule has 0 bridgehead atoms. The van der Waals surface area contributed by atoms with Crippen LogP contribution >= 0.6 is 12.2 Å². The van der Waals surface area contributed by atoms with Crippen LogP contribution in [0.3, 0.4) is 0 Å². The van der Waals surface area contributed by atoms with Crippen molar-refractivity contribution in [1.29, 1.82) is 0 Å². The fourth-order valence-electron chi connectivity index (χ4n) is 3.43. The summed E-state index contributed by atoms with van der Waals surface area (Å²) in [6.07, 6.45) is 5.90. The van der Waals surface area contributed by atoms with Gasteiger partial charge >= 0.3 is 0 Å². The smallest absolute Gasteiger partial charge is 0.0539 e. The molecule has 0 aromatic heterocycles. The Morgan fingerprint density at radius 1 is 0.970 bits per heavy atom. The molecule has 1 saturated heterocycles. The Kier molecular flexibility index (Phi) is 17.1. The summed E-state index contributed by atoms with van der Waals surface area (Å²) < 4.78 is 0.314. The average molecular weight is 551 g/mol. The molecule has 2 fully saturated rings. The van der Waals surface area contributed by atoms with E-state index in [0.717, 1.165) is 18.7 Å². The summed E-state index contributed by atoms with van der Waals surface area (Å²) in [5.74, 6) is 0.715. The van der Waals surface area contributed by atoms with Gasteiger partial charge in [0.15, 0.2) is 0 Å². The summed E-state index contributed by atoms with van der Waals surface area (Å²) >= 11 is 9.27. The number of thiocarbonyl (C=S) groups is 1. The van der Waals surface area contributed by atoms with Crippen LogP contribution in [0, 0.1) is 54.4 Å². The summed E-state index contributed by atoms with van der Waals surface area (Å²) in [5.41, 5.74) is 6.45. The van der Waals surface area contributed by atoms with Crippen LogP contribution in [0.15, 0.2) is 42.5 Å². The van der Waals surface area contributed by atoms with E-state index in [0.29, 0.717) is 16.3 Å². The number of rotatable bonds is 2. The molecule has 1 saturated carbocycles. The summed E-state index contributed by atoms with van der Waals surface area (Å²) in [4.78, 5) is 0. The van der Waals surface area contributed by atoms with Gasteiger partial charge in [0, 0.05) is 32.3 Å². The van der Waals surface area contributed by atoms with E-state index in [9.17, 15) is 5.11 Å². The van der Waals surface area contributed by atoms with Gasteiger partial charge in [-0.25, -0.2) is 0 Å². The van der Waals surface area contributed by atoms with Crippen molar-refractivity contribution in [2.24, 2.45) is 5.92 Å². The number of hydrazine groups is 1. The molecule has 3 aromatic carbocycles. The van der Waals surface area contributed by atoms with E-state index < -0.39 is 0 Å². The molecule has 3 atom stereocenters. The van der Waals surface area contributed by atoms with Crippen LogP contribution < -0.4 is 10.9 Å². The third kappa shape index (κ3) is 13.8. The maximum absolute atomic E-state index is 9.61. The van der Waals surface area contributed by atoms with E-state index in [4.69, 9.17) is 0 Å². The molecule has 2 aliphatic rings. The second-order valence-electron chi connectivity index (χ2n) is 7.07. The molecule has 5 rings (SSSR count). The molecule has 3 N–H and O–H groups in total. The van der Waals surface area contributed by atoms with Crippen LogP contribution in [0.4, 0.5) is 5.69 Å². The second kappa shape index (κ2) is 19.0. The number of piperidine rings is 1. The quantitative estimate of drug-likeness (QED) is 0.192. The number of aliphatic hydroxyl groups is 1. The number of benzene rings is 1. The molecule has 178 valence electrons. The van der Waals surface area contributed by atoms with Crippen LogP contribution in [0.2, 0.25) is 0 Å². The Hall–Kier alpha value is -1.37. The minimum Gasteiger partial charge on any atom is -0.999 e. The fourth-order valence-corrected chi connectivity index (χ4v) is 3.53. The van der Waals surface area contributed by atoms with Crippen LogP contribution in [0.25, 0.3) is 5.32 Å². The first kappa shape index (κ1) is 29.7. The van der Waals surface area contributed by atoms with Crippen molar-refractivity contribution < 1.29 is 31.3 Å². The van der Waals surface area contributed by atoms with Crippen LogP contribution in [-0.4, -0.2) is 28.1 Å². The molecule has 1 aliphatic heterocycles. The van der Waals surface area contributed by atoms with Gasteiger partial charge in [-0.2, -0.15) is 0 Å². The van der Waals surface area contributed by atoms with Crippen molar-refractivity contribution in [2.45, 2.75) is 44.2 Å². The predicted molar refractivity (Wildman–Crippen MR) is 133 cm³/mol. The van der Waals surface area contributed by atoms with Gasteiger partial charge in [-0.05, 0) is 22.9 Å². The molecule has 1 aliphatic carbocycles. The fraction of sp³-hybridized carbons (Fsp3) is 0.346. The van der Waals surface area contributed by atoms with E-state index in [1.54, 1.807) is 12.1 Å². The van der Waals surface area contributed by atoms with Gasteiger partial charge in [-0.15, -0.1) is 12.6 Å². The maximum Gasteiger partial charge on any atom is 0.0539 e. The van der Waals surface area contributed by atoms with E-state index in [1.165, 1.54) is 25.7 Å². The molecule has 7 heteroatoms. The Morgan fingerprint density at radius 2 is 1.55 bits per heavy atom. The van der Waals surface area contributed by atoms with Gasteiger partial charge in [0.2, 0.25) is 0 Å². The molecule has 3 unspecified atom stereocenters. The molecule has 3 aromatic rings. The number of fused-ring (bicyclic) bond motifs is 1. The number of hydrogen-bond acceptors (Lipinski definition) is 4. The van der Waals surface area contributed by atoms with Gasteiger partial charge in [-0.3, -0.25) is 0 Å². The summed E-state index contributed by atoms with van der Waals surface area (Å²) in [5, 5.41) is 14.1. The minimum absolute atomic E-state index is 0. The first-order valence-corrected chi connectivity index (χ1v) is 11.3. The molecule has 0 radical (unpaired) electrons. The van der Waals surface area contributed by atoms with E-state index in [1.807, 2.05) is 30.3 Å². The molecule has 33 heavy (non-hydrogen) atoms. The Bertz CT molecular complexity index is 738. The van der Waals surface area contributed by atoms with Crippen molar-refractivity contribution in [3.05, 3.63) is 96.3 Å². The van der Waals surface area contributed by atoms with Crippen molar-refractivity contribution in [3.63, 3.8) is 0 Å². The van der Waals surface area contributed by atoms with Crippen molar-refractivity contribution in [1.82, 2.24) is 5.43 Å². The minimum atomic E-state index is -0.117. The maximum atomic E-state index is 9.61. The van der Waals surface area contributed by atoms with E-state index in [2.05, 4.69) is 89.5 Å². The summed E-state index contributed by atoms with van der Waals surface area (Å²) in [6.45, 7) is 0.984. The topological polar surface area (TPSA) is 58.4 Å². The van der Waals surface area contributed by atoms with Gasteiger partial charge in [-0.1, -0.05) is 49.8 Å². The van der Waals surface area contributed by atoms with Gasteiger partial charge in [0.05, 0.1) is 5.69 Å². The number of para-hydroxylation sites is 1. The molecular weight excluding hydrogens is 526 g/mol. The molecule has 0 spiro atoms. The molecule has 4 nitrogen and oxygen atoms in total. The second-order valence-corrected chi connectivity index (χ2v) is 8.14. The van der Waals surface area contributed by atoms with Crippen LogP contribution in [-0.2, 0) is 38.8 Å². The number of hydrogen-bond donors (Lipinski definition) is 3. The normalized spacial score (nSPS) is 20.3. The monoisotopic (exact) mass is 549 g/mol. The largest absolute Gasteiger partial charge is 0.999 e. The van der Waals surface area contributed by atoms with Gasteiger partial charge < -0.3 is 107 Å². The number of nitrogens with zero attached hydrogens (tertiary/aromatic N) is 1. The first-order chi connectivity index (χ1) is 15.7. The Labute approximate surface area is 228 Å². The summed E-state index contributed by atoms with van der Waals surface area (Å²) in [7, 11) is 0. The number of aliphatic hydroxyl groups excluding tert-OH is 1. The standard InChI is InChI=1S/C9H16NO.C7H8N2S2.2C5H.Zr/c11-8-5-1-3-7-4-2-6-10-9(7)8;10-7(11)9-8-6-4-2-1-3-5-6;2*1-2-4-5-3-1;/h7-9,11H,1-6H2;1-5,8H,(H2,9,10,11);2*1H;/q-1;;2*-5;/p-1. The van der Waals surface area contributed by atoms with Gasteiger partial charge in [0.1, 0.15) is 0 Å². The Morgan fingerprint density at radius 3 is 2.03 bits per heavy atom. The Balaban J connectivity index is 0.000000231. The van der Waals surface area contributed by atoms with Crippen molar-refractivity contribution >= 4 is 34.9 Å². The molecule has 0 amide bonds. The summed E-state index contributed by atoms with van der Waals surface area (Å²) in [6, 6.07) is 33.9. The zero-order valence-electron chi connectivity index (χ0n) is 18.2. The van der Waals surface area contributed by atoms with Crippen LogP contribution in [0.1, 0.15) is 32.1 Å². The van der Waals surface area contributed by atoms with Crippen molar-refractivity contribution in [2.75, 3.05) is 12.0 Å². The molecule has 1 heterocycles. The zero-order chi connectivity index (χ0) is 22.9.